The summed E-state index contributed by atoms with van der Waals surface area (Å²) in [5.74, 6) is 0.940. The van der Waals surface area contributed by atoms with E-state index in [9.17, 15) is 0 Å². The maximum atomic E-state index is 5.86. The van der Waals surface area contributed by atoms with Crippen molar-refractivity contribution in [2.24, 2.45) is 5.92 Å². The summed E-state index contributed by atoms with van der Waals surface area (Å²) in [7, 11) is 0. The van der Waals surface area contributed by atoms with Gasteiger partial charge in [0.15, 0.2) is 0 Å². The zero-order chi connectivity index (χ0) is 13.3. The van der Waals surface area contributed by atoms with E-state index >= 15 is 0 Å². The summed E-state index contributed by atoms with van der Waals surface area (Å²) in [5, 5.41) is 4.10. The van der Waals surface area contributed by atoms with Gasteiger partial charge in [0, 0.05) is 15.6 Å². The minimum Gasteiger partial charge on any atom is -0.367 e. The van der Waals surface area contributed by atoms with Crippen molar-refractivity contribution >= 4 is 21.8 Å². The zero-order valence-corrected chi connectivity index (χ0v) is 12.4. The van der Waals surface area contributed by atoms with Crippen molar-refractivity contribution in [1.82, 2.24) is 5.16 Å². The molecule has 0 aliphatic heterocycles. The largest absolute Gasteiger partial charge is 0.367 e. The van der Waals surface area contributed by atoms with Crippen LogP contribution in [0, 0.1) is 12.8 Å². The minimum atomic E-state index is 0.427. The van der Waals surface area contributed by atoms with Gasteiger partial charge >= 0.3 is 0 Å². The van der Waals surface area contributed by atoms with Gasteiger partial charge in [0.1, 0.15) is 5.69 Å². The average Bonchev–Trinajstić information content (AvgIpc) is 2.58. The normalized spacial score (nSPS) is 11.2. The molecule has 1 aromatic carbocycles. The van der Waals surface area contributed by atoms with Gasteiger partial charge in [0.25, 0.3) is 0 Å². The SMILES string of the molecule is Cc1cc(Br)cc(-c2noc(N)c2CC(C)C)c1. The molecule has 18 heavy (non-hydrogen) atoms. The van der Waals surface area contributed by atoms with Crippen molar-refractivity contribution in [3.63, 3.8) is 0 Å². The predicted molar refractivity (Wildman–Crippen MR) is 77.3 cm³/mol. The van der Waals surface area contributed by atoms with Crippen molar-refractivity contribution in [3.05, 3.63) is 33.8 Å². The van der Waals surface area contributed by atoms with Crippen molar-refractivity contribution in [1.29, 1.82) is 0 Å². The van der Waals surface area contributed by atoms with E-state index in [2.05, 4.69) is 54.0 Å². The number of nitrogen functional groups attached to an aromatic ring is 1. The molecule has 2 N–H and O–H groups in total. The number of hydrogen-bond acceptors (Lipinski definition) is 3. The molecule has 0 unspecified atom stereocenters. The van der Waals surface area contributed by atoms with Gasteiger partial charge in [-0.25, -0.2) is 0 Å². The van der Waals surface area contributed by atoms with Crippen LogP contribution in [0.25, 0.3) is 11.3 Å². The van der Waals surface area contributed by atoms with Crippen LogP contribution in [0.2, 0.25) is 0 Å². The van der Waals surface area contributed by atoms with E-state index in [1.807, 2.05) is 6.07 Å². The number of rotatable bonds is 3. The Hall–Kier alpha value is -1.29. The average molecular weight is 309 g/mol. The van der Waals surface area contributed by atoms with Gasteiger partial charge in [0.05, 0.1) is 0 Å². The molecule has 0 amide bonds. The summed E-state index contributed by atoms with van der Waals surface area (Å²) in [6.45, 7) is 6.37. The van der Waals surface area contributed by atoms with Crippen LogP contribution in [0.1, 0.15) is 25.0 Å². The number of halogens is 1. The van der Waals surface area contributed by atoms with E-state index in [1.54, 1.807) is 0 Å². The molecule has 3 nitrogen and oxygen atoms in total. The second-order valence-corrected chi connectivity index (χ2v) is 5.90. The molecule has 0 bridgehead atoms. The number of aromatic nitrogens is 1. The van der Waals surface area contributed by atoms with Crippen LogP contribution in [0.5, 0.6) is 0 Å². The molecule has 2 aromatic rings. The fraction of sp³-hybridized carbons (Fsp3) is 0.357. The molecule has 0 fully saturated rings. The van der Waals surface area contributed by atoms with Gasteiger partial charge in [0.2, 0.25) is 5.88 Å². The van der Waals surface area contributed by atoms with Gasteiger partial charge < -0.3 is 10.3 Å². The number of aryl methyl sites for hydroxylation is 1. The topological polar surface area (TPSA) is 52.0 Å². The quantitative estimate of drug-likeness (QED) is 0.924. The van der Waals surface area contributed by atoms with Gasteiger partial charge in [-0.1, -0.05) is 34.9 Å². The summed E-state index contributed by atoms with van der Waals surface area (Å²) in [6, 6.07) is 6.19. The molecule has 0 spiro atoms. The lowest BCUT2D eigenvalue weighted by Gasteiger charge is -2.06. The van der Waals surface area contributed by atoms with Gasteiger partial charge in [-0.2, -0.15) is 0 Å². The highest BCUT2D eigenvalue weighted by atomic mass is 79.9. The summed E-state index contributed by atoms with van der Waals surface area (Å²) in [5.41, 5.74) is 9.93. The fourth-order valence-electron chi connectivity index (χ4n) is 2.03. The Balaban J connectivity index is 2.50. The Morgan fingerprint density at radius 3 is 2.67 bits per heavy atom. The highest BCUT2D eigenvalue weighted by Gasteiger charge is 2.17. The molecular formula is C14H17BrN2O. The van der Waals surface area contributed by atoms with Crippen LogP contribution < -0.4 is 5.73 Å². The first kappa shape index (κ1) is 13.1. The monoisotopic (exact) mass is 308 g/mol. The molecule has 0 aliphatic rings. The van der Waals surface area contributed by atoms with Crippen LogP contribution in [0.4, 0.5) is 5.88 Å². The molecule has 1 heterocycles. The lowest BCUT2D eigenvalue weighted by atomic mass is 9.98. The highest BCUT2D eigenvalue weighted by molar-refractivity contribution is 9.10. The van der Waals surface area contributed by atoms with Crippen LogP contribution in [-0.4, -0.2) is 5.16 Å². The van der Waals surface area contributed by atoms with Gasteiger partial charge in [-0.15, -0.1) is 0 Å². The Morgan fingerprint density at radius 2 is 2.06 bits per heavy atom. The van der Waals surface area contributed by atoms with E-state index in [0.717, 1.165) is 27.7 Å². The van der Waals surface area contributed by atoms with E-state index in [-0.39, 0.29) is 0 Å². The molecule has 2 rings (SSSR count). The molecule has 0 saturated carbocycles. The maximum Gasteiger partial charge on any atom is 0.225 e. The van der Waals surface area contributed by atoms with Gasteiger partial charge in [-0.05, 0) is 43.0 Å². The van der Waals surface area contributed by atoms with E-state index < -0.39 is 0 Å². The molecule has 4 heteroatoms. The Kier molecular flexibility index (Phi) is 3.76. The molecular weight excluding hydrogens is 292 g/mol. The molecule has 96 valence electrons. The summed E-state index contributed by atoms with van der Waals surface area (Å²) >= 11 is 3.50. The smallest absolute Gasteiger partial charge is 0.225 e. The number of benzene rings is 1. The fourth-order valence-corrected chi connectivity index (χ4v) is 2.63. The van der Waals surface area contributed by atoms with Crippen molar-refractivity contribution in [2.45, 2.75) is 27.2 Å². The third-order valence-corrected chi connectivity index (χ3v) is 3.20. The first-order valence-corrected chi connectivity index (χ1v) is 6.78. The van der Waals surface area contributed by atoms with Crippen LogP contribution in [0.15, 0.2) is 27.2 Å². The third kappa shape index (κ3) is 2.75. The van der Waals surface area contributed by atoms with Crippen LogP contribution >= 0.6 is 15.9 Å². The Bertz CT molecular complexity index is 541. The van der Waals surface area contributed by atoms with Crippen LogP contribution in [0.3, 0.4) is 0 Å². The molecule has 0 radical (unpaired) electrons. The van der Waals surface area contributed by atoms with E-state index in [4.69, 9.17) is 10.3 Å². The third-order valence-electron chi connectivity index (χ3n) is 2.75. The molecule has 1 aromatic heterocycles. The second-order valence-electron chi connectivity index (χ2n) is 4.99. The number of nitrogens with two attached hydrogens (primary N) is 1. The second kappa shape index (κ2) is 5.14. The number of nitrogens with zero attached hydrogens (tertiary/aromatic N) is 1. The minimum absolute atomic E-state index is 0.427. The summed E-state index contributed by atoms with van der Waals surface area (Å²) in [4.78, 5) is 0. The Labute approximate surface area is 115 Å². The van der Waals surface area contributed by atoms with Gasteiger partial charge in [-0.3, -0.25) is 0 Å². The Morgan fingerprint density at radius 1 is 1.33 bits per heavy atom. The van der Waals surface area contributed by atoms with Crippen molar-refractivity contribution in [2.75, 3.05) is 5.73 Å². The number of anilines is 1. The standard InChI is InChI=1S/C14H17BrN2O/c1-8(2)4-12-13(17-18-14(12)16)10-5-9(3)6-11(15)7-10/h5-8H,4,16H2,1-3H3. The van der Waals surface area contributed by atoms with Crippen LogP contribution in [-0.2, 0) is 6.42 Å². The molecule has 0 atom stereocenters. The zero-order valence-electron chi connectivity index (χ0n) is 10.8. The number of hydrogen-bond donors (Lipinski definition) is 1. The molecule has 0 saturated heterocycles. The predicted octanol–water partition coefficient (Wildman–Crippen LogP) is 4.19. The highest BCUT2D eigenvalue weighted by Crippen LogP contribution is 2.31. The van der Waals surface area contributed by atoms with E-state index in [1.165, 1.54) is 5.56 Å². The first-order chi connectivity index (χ1) is 8.47. The first-order valence-electron chi connectivity index (χ1n) is 5.99. The van der Waals surface area contributed by atoms with E-state index in [0.29, 0.717) is 11.8 Å². The summed E-state index contributed by atoms with van der Waals surface area (Å²) in [6.07, 6.45) is 0.871. The van der Waals surface area contributed by atoms with Crippen molar-refractivity contribution in [3.8, 4) is 11.3 Å². The maximum absolute atomic E-state index is 5.86. The lowest BCUT2D eigenvalue weighted by Crippen LogP contribution is -1.98. The summed E-state index contributed by atoms with van der Waals surface area (Å²) < 4.78 is 6.18. The lowest BCUT2D eigenvalue weighted by molar-refractivity contribution is 0.438. The molecule has 0 aliphatic carbocycles. The van der Waals surface area contributed by atoms with Crippen molar-refractivity contribution < 1.29 is 4.52 Å².